The summed E-state index contributed by atoms with van der Waals surface area (Å²) in [6, 6.07) is 11.9. The van der Waals surface area contributed by atoms with Gasteiger partial charge in [-0.2, -0.15) is 0 Å². The lowest BCUT2D eigenvalue weighted by Gasteiger charge is -2.15. The molecule has 3 rings (SSSR count). The first kappa shape index (κ1) is 23.3. The normalized spacial score (nSPS) is 13.2. The number of hydrogen-bond donors (Lipinski definition) is 1. The van der Waals surface area contributed by atoms with E-state index >= 15 is 0 Å². The third-order valence-electron chi connectivity index (χ3n) is 5.60. The van der Waals surface area contributed by atoms with Crippen LogP contribution in [0.2, 0.25) is 0 Å². The summed E-state index contributed by atoms with van der Waals surface area (Å²) >= 11 is 0. The van der Waals surface area contributed by atoms with Crippen molar-refractivity contribution >= 4 is 11.7 Å². The molecular weight excluding hydrogens is 402 g/mol. The number of aromatic hydroxyl groups is 1. The summed E-state index contributed by atoms with van der Waals surface area (Å²) in [5, 5.41) is 11.0. The Bertz CT molecular complexity index is 1060. The van der Waals surface area contributed by atoms with Crippen molar-refractivity contribution in [1.29, 1.82) is 0 Å². The molecule has 0 aliphatic carbocycles. The van der Waals surface area contributed by atoms with E-state index in [0.29, 0.717) is 42.8 Å². The third kappa shape index (κ3) is 5.47. The van der Waals surface area contributed by atoms with E-state index in [1.165, 1.54) is 5.56 Å². The molecule has 5 nitrogen and oxygen atoms in total. The van der Waals surface area contributed by atoms with Gasteiger partial charge in [-0.3, -0.25) is 9.59 Å². The van der Waals surface area contributed by atoms with E-state index in [2.05, 4.69) is 0 Å². The minimum Gasteiger partial charge on any atom is -0.507 e. The molecule has 168 valence electrons. The zero-order valence-electron chi connectivity index (χ0n) is 19.3. The lowest BCUT2D eigenvalue weighted by atomic mass is 9.99. The van der Waals surface area contributed by atoms with Crippen LogP contribution < -0.4 is 4.74 Å². The summed E-state index contributed by atoms with van der Waals surface area (Å²) in [6.45, 7) is 6.72. The standard InChI is InChI=1S/C27H31NO4/c1-18(2)14-22(29)15-19(3)10-11-23-24(32-4)16-21-17-28(27(31)25(21)26(23)30)13-12-20-8-6-5-7-9-20/h5-10,14,16,30H,11-13,15,17H2,1-4H3/b19-10-. The first-order valence-electron chi connectivity index (χ1n) is 10.9. The zero-order chi connectivity index (χ0) is 23.3. The van der Waals surface area contributed by atoms with Crippen LogP contribution in [0.1, 0.15) is 54.2 Å². The molecule has 1 aliphatic heterocycles. The van der Waals surface area contributed by atoms with Crippen molar-refractivity contribution in [3.05, 3.63) is 82.0 Å². The number of ketones is 1. The number of amides is 1. The highest BCUT2D eigenvalue weighted by Crippen LogP contribution is 2.39. The second-order valence-corrected chi connectivity index (χ2v) is 8.52. The van der Waals surface area contributed by atoms with Gasteiger partial charge in [0.05, 0.1) is 12.7 Å². The summed E-state index contributed by atoms with van der Waals surface area (Å²) in [4.78, 5) is 26.8. The van der Waals surface area contributed by atoms with E-state index in [4.69, 9.17) is 4.74 Å². The van der Waals surface area contributed by atoms with Gasteiger partial charge in [0.25, 0.3) is 5.91 Å². The van der Waals surface area contributed by atoms with E-state index in [9.17, 15) is 14.7 Å². The quantitative estimate of drug-likeness (QED) is 0.446. The fourth-order valence-corrected chi connectivity index (χ4v) is 4.00. The Morgan fingerprint density at radius 3 is 2.56 bits per heavy atom. The van der Waals surface area contributed by atoms with Gasteiger partial charge < -0.3 is 14.7 Å². The maximum atomic E-state index is 13.0. The number of fused-ring (bicyclic) bond motifs is 1. The first-order valence-corrected chi connectivity index (χ1v) is 10.9. The Kier molecular flexibility index (Phi) is 7.52. The van der Waals surface area contributed by atoms with Gasteiger partial charge in [-0.15, -0.1) is 0 Å². The van der Waals surface area contributed by atoms with Gasteiger partial charge in [0.15, 0.2) is 5.78 Å². The molecule has 0 atom stereocenters. The van der Waals surface area contributed by atoms with Gasteiger partial charge in [0, 0.05) is 25.1 Å². The highest BCUT2D eigenvalue weighted by Gasteiger charge is 2.32. The van der Waals surface area contributed by atoms with Crippen molar-refractivity contribution in [3.63, 3.8) is 0 Å². The number of methoxy groups -OCH3 is 1. The van der Waals surface area contributed by atoms with Crippen molar-refractivity contribution in [1.82, 2.24) is 4.90 Å². The van der Waals surface area contributed by atoms with Gasteiger partial charge in [-0.1, -0.05) is 47.6 Å². The molecule has 0 saturated heterocycles. The fourth-order valence-electron chi connectivity index (χ4n) is 4.00. The Hall–Kier alpha value is -3.34. The number of rotatable bonds is 9. The maximum Gasteiger partial charge on any atom is 0.258 e. The Morgan fingerprint density at radius 1 is 1.19 bits per heavy atom. The van der Waals surface area contributed by atoms with E-state index < -0.39 is 0 Å². The van der Waals surface area contributed by atoms with E-state index in [1.807, 2.05) is 63.2 Å². The smallest absolute Gasteiger partial charge is 0.258 e. The number of phenols is 1. The predicted molar refractivity (Wildman–Crippen MR) is 126 cm³/mol. The summed E-state index contributed by atoms with van der Waals surface area (Å²) in [5.74, 6) is 0.426. The highest BCUT2D eigenvalue weighted by atomic mass is 16.5. The number of benzene rings is 2. The van der Waals surface area contributed by atoms with Crippen LogP contribution in [0.25, 0.3) is 0 Å². The van der Waals surface area contributed by atoms with Crippen molar-refractivity contribution in [2.24, 2.45) is 0 Å². The molecule has 32 heavy (non-hydrogen) atoms. The molecule has 0 fully saturated rings. The Morgan fingerprint density at radius 2 is 1.91 bits per heavy atom. The van der Waals surface area contributed by atoms with E-state index in [0.717, 1.165) is 23.1 Å². The van der Waals surface area contributed by atoms with Crippen LogP contribution in [0, 0.1) is 0 Å². The number of carbonyl (C=O) groups is 2. The number of hydrogen-bond acceptors (Lipinski definition) is 4. The average Bonchev–Trinajstić information content (AvgIpc) is 3.07. The zero-order valence-corrected chi connectivity index (χ0v) is 19.3. The largest absolute Gasteiger partial charge is 0.507 e. The summed E-state index contributed by atoms with van der Waals surface area (Å²) in [5.41, 5.74) is 4.75. The number of carbonyl (C=O) groups excluding carboxylic acids is 2. The van der Waals surface area contributed by atoms with Gasteiger partial charge in [-0.25, -0.2) is 0 Å². The van der Waals surface area contributed by atoms with Gasteiger partial charge in [0.1, 0.15) is 11.5 Å². The van der Waals surface area contributed by atoms with Gasteiger partial charge in [-0.05, 0) is 56.9 Å². The van der Waals surface area contributed by atoms with E-state index in [1.54, 1.807) is 18.1 Å². The van der Waals surface area contributed by atoms with Crippen molar-refractivity contribution in [2.45, 2.75) is 46.6 Å². The topological polar surface area (TPSA) is 66.8 Å². The maximum absolute atomic E-state index is 13.0. The molecule has 1 N–H and O–H groups in total. The van der Waals surface area contributed by atoms with Gasteiger partial charge >= 0.3 is 0 Å². The predicted octanol–water partition coefficient (Wildman–Crippen LogP) is 5.01. The molecule has 0 radical (unpaired) electrons. The summed E-state index contributed by atoms with van der Waals surface area (Å²) < 4.78 is 5.52. The molecular formula is C27H31NO4. The van der Waals surface area contributed by atoms with E-state index in [-0.39, 0.29) is 17.4 Å². The van der Waals surface area contributed by atoms with Crippen LogP contribution in [0.5, 0.6) is 11.5 Å². The Labute approximate surface area is 190 Å². The molecule has 0 saturated carbocycles. The van der Waals surface area contributed by atoms with Crippen molar-refractivity contribution in [3.8, 4) is 11.5 Å². The monoisotopic (exact) mass is 433 g/mol. The second kappa shape index (κ2) is 10.3. The lowest BCUT2D eigenvalue weighted by molar-refractivity contribution is -0.114. The minimum absolute atomic E-state index is 0.0220. The third-order valence-corrected chi connectivity index (χ3v) is 5.60. The number of phenolic OH excluding ortho intramolecular Hbond substituents is 1. The summed E-state index contributed by atoms with van der Waals surface area (Å²) in [6.07, 6.45) is 5.01. The molecule has 1 aliphatic rings. The Balaban J connectivity index is 1.78. The minimum atomic E-state index is -0.156. The van der Waals surface area contributed by atoms with Crippen molar-refractivity contribution in [2.75, 3.05) is 13.7 Å². The first-order chi connectivity index (χ1) is 15.3. The number of ether oxygens (including phenoxy) is 1. The molecule has 0 aromatic heterocycles. The van der Waals surface area contributed by atoms with Gasteiger partial charge in [0.2, 0.25) is 0 Å². The fraction of sp³-hybridized carbons (Fsp3) is 0.333. The molecule has 2 aromatic carbocycles. The molecule has 2 aromatic rings. The molecule has 0 unspecified atom stereocenters. The summed E-state index contributed by atoms with van der Waals surface area (Å²) in [7, 11) is 1.56. The molecule has 5 heteroatoms. The molecule has 0 bridgehead atoms. The van der Waals surface area contributed by atoms with Crippen LogP contribution in [-0.2, 0) is 24.2 Å². The van der Waals surface area contributed by atoms with Crippen LogP contribution in [0.15, 0.2) is 59.7 Å². The second-order valence-electron chi connectivity index (χ2n) is 8.52. The molecule has 1 heterocycles. The number of allylic oxidation sites excluding steroid dienone is 4. The van der Waals surface area contributed by atoms with Crippen LogP contribution >= 0.6 is 0 Å². The average molecular weight is 434 g/mol. The van der Waals surface area contributed by atoms with Crippen LogP contribution in [0.3, 0.4) is 0 Å². The SMILES string of the molecule is COc1cc2c(c(O)c1C/C=C(/C)CC(=O)C=C(C)C)C(=O)N(CCc1ccccc1)C2. The van der Waals surface area contributed by atoms with Crippen LogP contribution in [-0.4, -0.2) is 35.4 Å². The molecule has 1 amide bonds. The highest BCUT2D eigenvalue weighted by molar-refractivity contribution is 6.01. The molecule has 0 spiro atoms. The van der Waals surface area contributed by atoms with Crippen molar-refractivity contribution < 1.29 is 19.4 Å². The lowest BCUT2D eigenvalue weighted by Crippen LogP contribution is -2.26. The van der Waals surface area contributed by atoms with Crippen LogP contribution in [0.4, 0.5) is 0 Å². The number of nitrogens with zero attached hydrogens (tertiary/aromatic N) is 1.